The molecule has 0 unspecified atom stereocenters. The number of hydrogen-bond acceptors (Lipinski definition) is 6. The van der Waals surface area contributed by atoms with Crippen LogP contribution in [0.15, 0.2) is 49.1 Å². The molecular formula is C21H18Cl2N6. The fourth-order valence-corrected chi connectivity index (χ4v) is 4.21. The Balaban J connectivity index is 1.45. The van der Waals surface area contributed by atoms with Crippen LogP contribution in [0.1, 0.15) is 6.42 Å². The van der Waals surface area contributed by atoms with Crippen molar-refractivity contribution < 1.29 is 0 Å². The van der Waals surface area contributed by atoms with Crippen LogP contribution in [0.2, 0.25) is 10.0 Å². The van der Waals surface area contributed by atoms with Gasteiger partial charge in [-0.2, -0.15) is 0 Å². The van der Waals surface area contributed by atoms with Crippen LogP contribution >= 0.6 is 23.2 Å². The second kappa shape index (κ2) is 7.61. The maximum absolute atomic E-state index is 6.13. The zero-order valence-corrected chi connectivity index (χ0v) is 17.1. The number of fused-ring (bicyclic) bond motifs is 2. The molecule has 146 valence electrons. The van der Waals surface area contributed by atoms with Crippen molar-refractivity contribution in [3.05, 3.63) is 59.1 Å². The summed E-state index contributed by atoms with van der Waals surface area (Å²) < 4.78 is 0. The van der Waals surface area contributed by atoms with E-state index in [1.807, 2.05) is 36.4 Å². The predicted octanol–water partition coefficient (Wildman–Crippen LogP) is 4.60. The van der Waals surface area contributed by atoms with Crippen molar-refractivity contribution in [1.29, 1.82) is 0 Å². The van der Waals surface area contributed by atoms with Gasteiger partial charge in [-0.15, -0.1) is 0 Å². The number of hydrogen-bond donors (Lipinski definition) is 0. The topological polar surface area (TPSA) is 58.0 Å². The lowest BCUT2D eigenvalue weighted by Gasteiger charge is -2.24. The average Bonchev–Trinajstić information content (AvgIpc) is 2.98. The lowest BCUT2D eigenvalue weighted by Crippen LogP contribution is -2.31. The fraction of sp³-hybridized carbons (Fsp3) is 0.238. The number of anilines is 2. The van der Waals surface area contributed by atoms with E-state index in [0.717, 1.165) is 66.0 Å². The van der Waals surface area contributed by atoms with E-state index in [9.17, 15) is 0 Å². The first kappa shape index (κ1) is 18.3. The van der Waals surface area contributed by atoms with Crippen molar-refractivity contribution in [1.82, 2.24) is 19.9 Å². The first-order chi connectivity index (χ1) is 14.2. The van der Waals surface area contributed by atoms with Gasteiger partial charge in [0.2, 0.25) is 0 Å². The molecule has 0 spiro atoms. The third-order valence-corrected chi connectivity index (χ3v) is 5.72. The zero-order chi connectivity index (χ0) is 19.8. The third kappa shape index (κ3) is 3.54. The number of benzene rings is 2. The summed E-state index contributed by atoms with van der Waals surface area (Å²) in [6.45, 7) is 3.52. The second-order valence-corrected chi connectivity index (χ2v) is 7.92. The van der Waals surface area contributed by atoms with Gasteiger partial charge in [-0.3, -0.25) is 0 Å². The van der Waals surface area contributed by atoms with Gasteiger partial charge in [0.25, 0.3) is 0 Å². The van der Waals surface area contributed by atoms with Crippen LogP contribution in [0.3, 0.4) is 0 Å². The van der Waals surface area contributed by atoms with Crippen LogP contribution < -0.4 is 9.80 Å². The Labute approximate surface area is 178 Å². The summed E-state index contributed by atoms with van der Waals surface area (Å²) in [5.74, 6) is 1.90. The Morgan fingerprint density at radius 3 is 1.59 bits per heavy atom. The van der Waals surface area contributed by atoms with Gasteiger partial charge in [-0.1, -0.05) is 23.2 Å². The summed E-state index contributed by atoms with van der Waals surface area (Å²) >= 11 is 12.3. The van der Waals surface area contributed by atoms with Crippen LogP contribution in [0, 0.1) is 0 Å². The molecule has 1 saturated heterocycles. The molecule has 5 rings (SSSR count). The summed E-state index contributed by atoms with van der Waals surface area (Å²) in [5, 5.41) is 3.40. The zero-order valence-electron chi connectivity index (χ0n) is 15.6. The SMILES string of the molecule is Clc1ccc2c(N3CCCN(c4ncnc5cc(Cl)ccc45)CC3)ncnc2c1. The molecule has 1 aliphatic heterocycles. The molecule has 0 saturated carbocycles. The van der Waals surface area contributed by atoms with Crippen LogP contribution in [-0.4, -0.2) is 46.1 Å². The Morgan fingerprint density at radius 2 is 1.10 bits per heavy atom. The van der Waals surface area contributed by atoms with Gasteiger partial charge in [0, 0.05) is 47.0 Å². The van der Waals surface area contributed by atoms with Crippen molar-refractivity contribution >= 4 is 56.6 Å². The van der Waals surface area contributed by atoms with E-state index in [1.54, 1.807) is 12.7 Å². The third-order valence-electron chi connectivity index (χ3n) is 5.25. The van der Waals surface area contributed by atoms with Crippen molar-refractivity contribution in [2.75, 3.05) is 36.0 Å². The standard InChI is InChI=1S/C21H18Cl2N6/c22-14-2-4-16-18(10-14)24-12-26-20(16)28-6-1-7-29(9-8-28)21-17-5-3-15(23)11-19(17)25-13-27-21/h2-5,10-13H,1,6-9H2. The summed E-state index contributed by atoms with van der Waals surface area (Å²) in [5.41, 5.74) is 1.73. The molecule has 8 heteroatoms. The van der Waals surface area contributed by atoms with E-state index < -0.39 is 0 Å². The largest absolute Gasteiger partial charge is 0.354 e. The molecule has 4 aromatic rings. The van der Waals surface area contributed by atoms with E-state index in [0.29, 0.717) is 10.0 Å². The lowest BCUT2D eigenvalue weighted by molar-refractivity contribution is 0.796. The summed E-state index contributed by atoms with van der Waals surface area (Å²) in [6, 6.07) is 11.5. The first-order valence-electron chi connectivity index (χ1n) is 9.49. The molecule has 2 aromatic heterocycles. The first-order valence-corrected chi connectivity index (χ1v) is 10.2. The molecular weight excluding hydrogens is 407 g/mol. The molecule has 0 amide bonds. The fourth-order valence-electron chi connectivity index (χ4n) is 3.88. The molecule has 0 radical (unpaired) electrons. The Bertz CT molecular complexity index is 1110. The Kier molecular flexibility index (Phi) is 4.81. The number of halogens is 2. The average molecular weight is 425 g/mol. The molecule has 6 nitrogen and oxygen atoms in total. The Hall–Kier alpha value is -2.70. The molecule has 0 aliphatic carbocycles. The highest BCUT2D eigenvalue weighted by Gasteiger charge is 2.20. The quantitative estimate of drug-likeness (QED) is 0.468. The maximum atomic E-state index is 6.13. The number of nitrogens with zero attached hydrogens (tertiary/aromatic N) is 6. The number of rotatable bonds is 2. The highest BCUT2D eigenvalue weighted by Crippen LogP contribution is 2.29. The lowest BCUT2D eigenvalue weighted by atomic mass is 10.2. The van der Waals surface area contributed by atoms with E-state index in [4.69, 9.17) is 23.2 Å². The minimum atomic E-state index is 0.680. The van der Waals surface area contributed by atoms with Gasteiger partial charge >= 0.3 is 0 Å². The summed E-state index contributed by atoms with van der Waals surface area (Å²) in [6.07, 6.45) is 4.22. The predicted molar refractivity (Wildman–Crippen MR) is 118 cm³/mol. The molecule has 1 aliphatic rings. The summed E-state index contributed by atoms with van der Waals surface area (Å²) in [7, 11) is 0. The van der Waals surface area contributed by atoms with Crippen molar-refractivity contribution in [3.8, 4) is 0 Å². The Morgan fingerprint density at radius 1 is 0.621 bits per heavy atom. The molecule has 29 heavy (non-hydrogen) atoms. The van der Waals surface area contributed by atoms with Crippen LogP contribution in [0.5, 0.6) is 0 Å². The highest BCUT2D eigenvalue weighted by molar-refractivity contribution is 6.31. The molecule has 1 fully saturated rings. The minimum absolute atomic E-state index is 0.680. The molecule has 0 bridgehead atoms. The smallest absolute Gasteiger partial charge is 0.139 e. The van der Waals surface area contributed by atoms with Gasteiger partial charge in [-0.05, 0) is 42.8 Å². The minimum Gasteiger partial charge on any atom is -0.354 e. The van der Waals surface area contributed by atoms with Gasteiger partial charge in [0.15, 0.2) is 0 Å². The van der Waals surface area contributed by atoms with Crippen molar-refractivity contribution in [3.63, 3.8) is 0 Å². The molecule has 3 heterocycles. The van der Waals surface area contributed by atoms with Gasteiger partial charge in [0.05, 0.1) is 11.0 Å². The van der Waals surface area contributed by atoms with E-state index in [-0.39, 0.29) is 0 Å². The summed E-state index contributed by atoms with van der Waals surface area (Å²) in [4.78, 5) is 22.5. The molecule has 0 N–H and O–H groups in total. The van der Waals surface area contributed by atoms with Crippen molar-refractivity contribution in [2.45, 2.75) is 6.42 Å². The van der Waals surface area contributed by atoms with E-state index >= 15 is 0 Å². The highest BCUT2D eigenvalue weighted by atomic mass is 35.5. The van der Waals surface area contributed by atoms with E-state index in [1.165, 1.54) is 0 Å². The van der Waals surface area contributed by atoms with Gasteiger partial charge < -0.3 is 9.80 Å². The molecule has 2 aromatic carbocycles. The van der Waals surface area contributed by atoms with Crippen LogP contribution in [0.25, 0.3) is 21.8 Å². The molecule has 0 atom stereocenters. The van der Waals surface area contributed by atoms with Crippen LogP contribution in [0.4, 0.5) is 11.6 Å². The van der Waals surface area contributed by atoms with Crippen LogP contribution in [-0.2, 0) is 0 Å². The van der Waals surface area contributed by atoms with E-state index in [2.05, 4.69) is 29.7 Å². The maximum Gasteiger partial charge on any atom is 0.139 e. The van der Waals surface area contributed by atoms with Crippen molar-refractivity contribution in [2.24, 2.45) is 0 Å². The van der Waals surface area contributed by atoms with Gasteiger partial charge in [-0.25, -0.2) is 19.9 Å². The second-order valence-electron chi connectivity index (χ2n) is 7.05. The monoisotopic (exact) mass is 424 g/mol. The normalized spacial score (nSPS) is 15.1. The number of aromatic nitrogens is 4. The van der Waals surface area contributed by atoms with Gasteiger partial charge in [0.1, 0.15) is 24.3 Å².